The predicted octanol–water partition coefficient (Wildman–Crippen LogP) is 3.13. The number of hydrogen-bond donors (Lipinski definition) is 2. The number of carbonyl (C=O) groups is 2. The molecule has 0 radical (unpaired) electrons. The molecule has 0 saturated carbocycles. The van der Waals surface area contributed by atoms with Gasteiger partial charge in [0.15, 0.2) is 0 Å². The van der Waals surface area contributed by atoms with Crippen LogP contribution in [0.5, 0.6) is 0 Å². The maximum atomic E-state index is 12.2. The lowest BCUT2D eigenvalue weighted by Gasteiger charge is -2.12. The van der Waals surface area contributed by atoms with Gasteiger partial charge in [0.1, 0.15) is 6.54 Å². The molecular weight excluding hydrogens is 370 g/mol. The van der Waals surface area contributed by atoms with Crippen LogP contribution in [0.4, 0.5) is 0 Å². The number of fused-ring (bicyclic) bond motifs is 1. The number of halogens is 1. The third-order valence-corrected chi connectivity index (χ3v) is 5.15. The molecule has 2 amide bonds. The fourth-order valence-electron chi connectivity index (χ4n) is 2.56. The van der Waals surface area contributed by atoms with E-state index in [1.54, 1.807) is 0 Å². The van der Waals surface area contributed by atoms with Crippen LogP contribution in [0.3, 0.4) is 0 Å². The first kappa shape index (κ1) is 18.5. The van der Waals surface area contributed by atoms with Crippen molar-refractivity contribution in [3.8, 4) is 0 Å². The molecule has 1 atom stereocenters. The average molecular weight is 394 g/mol. The van der Waals surface area contributed by atoms with Gasteiger partial charge in [-0.3, -0.25) is 9.59 Å². The Bertz CT molecular complexity index is 739. The summed E-state index contributed by atoms with van der Waals surface area (Å²) in [5.74, 6) is -0.127. The topological polar surface area (TPSA) is 63.1 Å². The molecule has 0 aliphatic heterocycles. The molecule has 1 unspecified atom stereocenters. The Balaban J connectivity index is 1.92. The van der Waals surface area contributed by atoms with E-state index in [2.05, 4.69) is 26.6 Å². The second kappa shape index (κ2) is 8.33. The summed E-state index contributed by atoms with van der Waals surface area (Å²) in [4.78, 5) is 23.9. The van der Waals surface area contributed by atoms with Crippen molar-refractivity contribution in [3.05, 3.63) is 34.4 Å². The zero-order valence-electron chi connectivity index (χ0n) is 14.4. The third kappa shape index (κ3) is 4.38. The van der Waals surface area contributed by atoms with Gasteiger partial charge in [-0.1, -0.05) is 25.1 Å². The monoisotopic (exact) mass is 393 g/mol. The van der Waals surface area contributed by atoms with E-state index in [1.165, 1.54) is 0 Å². The smallest absolute Gasteiger partial charge is 0.239 e. The van der Waals surface area contributed by atoms with Crippen molar-refractivity contribution >= 4 is 38.6 Å². The van der Waals surface area contributed by atoms with E-state index in [4.69, 9.17) is 0 Å². The lowest BCUT2D eigenvalue weighted by atomic mass is 10.2. The molecular formula is C18H24BrN3O2. The van der Waals surface area contributed by atoms with E-state index in [1.807, 2.05) is 49.6 Å². The molecule has 0 aliphatic carbocycles. The second-order valence-corrected chi connectivity index (χ2v) is 6.77. The molecule has 0 fully saturated rings. The van der Waals surface area contributed by atoms with Gasteiger partial charge in [-0.2, -0.15) is 0 Å². The van der Waals surface area contributed by atoms with Gasteiger partial charge in [-0.05, 0) is 42.3 Å². The molecule has 5 nitrogen and oxygen atoms in total. The van der Waals surface area contributed by atoms with E-state index < -0.39 is 0 Å². The minimum atomic E-state index is -0.0947. The number of para-hydroxylation sites is 1. The van der Waals surface area contributed by atoms with Crippen LogP contribution >= 0.6 is 15.9 Å². The zero-order chi connectivity index (χ0) is 17.7. The van der Waals surface area contributed by atoms with Crippen molar-refractivity contribution < 1.29 is 9.59 Å². The fraction of sp³-hybridized carbons (Fsp3) is 0.444. The molecule has 6 heteroatoms. The van der Waals surface area contributed by atoms with Crippen LogP contribution in [0.25, 0.3) is 10.9 Å². The van der Waals surface area contributed by atoms with Crippen LogP contribution in [-0.4, -0.2) is 29.0 Å². The number of carbonyl (C=O) groups excluding carboxylic acids is 2. The molecule has 2 N–H and O–H groups in total. The molecule has 0 saturated heterocycles. The minimum absolute atomic E-state index is 0.0324. The van der Waals surface area contributed by atoms with Crippen LogP contribution in [0.2, 0.25) is 0 Å². The molecule has 2 aromatic rings. The summed E-state index contributed by atoms with van der Waals surface area (Å²) < 4.78 is 2.99. The van der Waals surface area contributed by atoms with Crippen molar-refractivity contribution in [2.45, 2.75) is 46.2 Å². The number of benzene rings is 1. The third-order valence-electron chi connectivity index (χ3n) is 4.15. The highest BCUT2D eigenvalue weighted by molar-refractivity contribution is 9.10. The average Bonchev–Trinajstić information content (AvgIpc) is 2.80. The fourth-order valence-corrected chi connectivity index (χ4v) is 3.11. The number of aromatic nitrogens is 1. The van der Waals surface area contributed by atoms with Crippen LogP contribution in [0.15, 0.2) is 28.7 Å². The second-order valence-electron chi connectivity index (χ2n) is 5.98. The van der Waals surface area contributed by atoms with E-state index in [-0.39, 0.29) is 24.4 Å². The highest BCUT2D eigenvalue weighted by Gasteiger charge is 2.14. The predicted molar refractivity (Wildman–Crippen MR) is 99.9 cm³/mol. The normalized spacial score (nSPS) is 12.2. The summed E-state index contributed by atoms with van der Waals surface area (Å²) in [6, 6.07) is 8.13. The Hall–Kier alpha value is -1.82. The van der Waals surface area contributed by atoms with Gasteiger partial charge < -0.3 is 15.2 Å². The van der Waals surface area contributed by atoms with Crippen molar-refractivity contribution in [2.75, 3.05) is 6.54 Å². The molecule has 0 spiro atoms. The molecule has 0 aliphatic rings. The van der Waals surface area contributed by atoms with Crippen LogP contribution in [0, 0.1) is 6.92 Å². The molecule has 24 heavy (non-hydrogen) atoms. The van der Waals surface area contributed by atoms with Gasteiger partial charge in [-0.25, -0.2) is 0 Å². The summed E-state index contributed by atoms with van der Waals surface area (Å²) in [6.45, 7) is 6.56. The zero-order valence-corrected chi connectivity index (χ0v) is 15.9. The Kier molecular flexibility index (Phi) is 6.43. The van der Waals surface area contributed by atoms with Crippen molar-refractivity contribution in [1.29, 1.82) is 0 Å². The Morgan fingerprint density at radius 3 is 2.67 bits per heavy atom. The molecule has 130 valence electrons. The number of nitrogens with one attached hydrogen (secondary N) is 2. The van der Waals surface area contributed by atoms with Gasteiger partial charge in [0, 0.05) is 40.1 Å². The van der Waals surface area contributed by atoms with Crippen LogP contribution in [-0.2, 0) is 16.1 Å². The lowest BCUT2D eigenvalue weighted by molar-refractivity contribution is -0.122. The first-order chi connectivity index (χ1) is 11.4. The van der Waals surface area contributed by atoms with E-state index in [0.29, 0.717) is 13.0 Å². The summed E-state index contributed by atoms with van der Waals surface area (Å²) in [5.41, 5.74) is 2.03. The summed E-state index contributed by atoms with van der Waals surface area (Å²) in [6.07, 6.45) is 1.19. The van der Waals surface area contributed by atoms with Crippen molar-refractivity contribution in [3.63, 3.8) is 0 Å². The van der Waals surface area contributed by atoms with Gasteiger partial charge in [0.25, 0.3) is 0 Å². The first-order valence-electron chi connectivity index (χ1n) is 8.23. The van der Waals surface area contributed by atoms with Gasteiger partial charge in [0.2, 0.25) is 11.8 Å². The minimum Gasteiger partial charge on any atom is -0.354 e. The van der Waals surface area contributed by atoms with Gasteiger partial charge >= 0.3 is 0 Å². The SMILES string of the molecule is CCC(C)NC(=O)CCNC(=O)Cn1c(C)c(Br)c2ccccc21. The number of hydrogen-bond acceptors (Lipinski definition) is 2. The Morgan fingerprint density at radius 1 is 1.25 bits per heavy atom. The first-order valence-corrected chi connectivity index (χ1v) is 9.02. The highest BCUT2D eigenvalue weighted by atomic mass is 79.9. The van der Waals surface area contributed by atoms with Crippen molar-refractivity contribution in [1.82, 2.24) is 15.2 Å². The van der Waals surface area contributed by atoms with Gasteiger partial charge in [0.05, 0.1) is 0 Å². The van der Waals surface area contributed by atoms with Crippen LogP contribution < -0.4 is 10.6 Å². The number of rotatable bonds is 7. The highest BCUT2D eigenvalue weighted by Crippen LogP contribution is 2.30. The van der Waals surface area contributed by atoms with E-state index in [0.717, 1.165) is 27.5 Å². The van der Waals surface area contributed by atoms with Crippen LogP contribution in [0.1, 0.15) is 32.4 Å². The lowest BCUT2D eigenvalue weighted by Crippen LogP contribution is -2.36. The van der Waals surface area contributed by atoms with E-state index in [9.17, 15) is 9.59 Å². The quantitative estimate of drug-likeness (QED) is 0.758. The van der Waals surface area contributed by atoms with Crippen molar-refractivity contribution in [2.24, 2.45) is 0 Å². The maximum absolute atomic E-state index is 12.2. The maximum Gasteiger partial charge on any atom is 0.239 e. The molecule has 1 heterocycles. The number of nitrogens with zero attached hydrogens (tertiary/aromatic N) is 1. The largest absolute Gasteiger partial charge is 0.354 e. The summed E-state index contributed by atoms with van der Waals surface area (Å²) >= 11 is 3.59. The Morgan fingerprint density at radius 2 is 1.96 bits per heavy atom. The molecule has 0 bridgehead atoms. The summed E-state index contributed by atoms with van der Waals surface area (Å²) in [5, 5.41) is 6.80. The molecule has 1 aromatic heterocycles. The Labute approximate surface area is 150 Å². The molecule has 2 rings (SSSR count). The molecule has 1 aromatic carbocycles. The number of amides is 2. The summed E-state index contributed by atoms with van der Waals surface area (Å²) in [7, 11) is 0. The van der Waals surface area contributed by atoms with Gasteiger partial charge in [-0.15, -0.1) is 0 Å². The van der Waals surface area contributed by atoms with E-state index >= 15 is 0 Å². The standard InChI is InChI=1S/C18H24BrN3O2/c1-4-12(2)21-16(23)9-10-20-17(24)11-22-13(3)18(19)14-7-5-6-8-15(14)22/h5-8,12H,4,9-11H2,1-3H3,(H,20,24)(H,21,23).